The Kier molecular flexibility index (Phi) is 6.37. The van der Waals surface area contributed by atoms with Crippen LogP contribution in [0.5, 0.6) is 5.75 Å². The van der Waals surface area contributed by atoms with Crippen molar-refractivity contribution in [3.05, 3.63) is 60.0 Å². The molecular formula is C25H28N6O4. The smallest absolute Gasteiger partial charge is 0.319 e. The van der Waals surface area contributed by atoms with Crippen LogP contribution in [0.1, 0.15) is 17.9 Å². The summed E-state index contributed by atoms with van der Waals surface area (Å²) < 4.78 is 11.1. The van der Waals surface area contributed by atoms with Crippen molar-refractivity contribution in [3.63, 3.8) is 0 Å². The summed E-state index contributed by atoms with van der Waals surface area (Å²) in [6.45, 7) is 3.00. The number of methoxy groups -OCH3 is 1. The summed E-state index contributed by atoms with van der Waals surface area (Å²) in [5, 5.41) is 17.3. The molecule has 35 heavy (non-hydrogen) atoms. The molecule has 0 spiro atoms. The molecule has 0 radical (unpaired) electrons. The van der Waals surface area contributed by atoms with E-state index in [0.29, 0.717) is 37.7 Å². The molecule has 3 heterocycles. The van der Waals surface area contributed by atoms with Crippen LogP contribution in [0.2, 0.25) is 0 Å². The molecule has 3 aromatic rings. The van der Waals surface area contributed by atoms with Crippen molar-refractivity contribution in [2.24, 2.45) is 0 Å². The number of hydrogen-bond acceptors (Lipinski definition) is 7. The molecule has 10 heteroatoms. The Bertz CT molecular complexity index is 1210. The molecule has 2 aliphatic rings. The van der Waals surface area contributed by atoms with Crippen LogP contribution in [-0.2, 0) is 11.2 Å². The molecule has 0 bridgehead atoms. The van der Waals surface area contributed by atoms with Gasteiger partial charge in [-0.1, -0.05) is 18.2 Å². The van der Waals surface area contributed by atoms with Crippen LogP contribution in [0.4, 0.5) is 10.5 Å². The number of fused-ring (bicyclic) bond motifs is 1. The molecule has 3 N–H and O–H groups in total. The van der Waals surface area contributed by atoms with Gasteiger partial charge in [-0.05, 0) is 49.2 Å². The van der Waals surface area contributed by atoms with E-state index in [1.165, 1.54) is 0 Å². The molecule has 182 valence electrons. The van der Waals surface area contributed by atoms with Crippen LogP contribution < -0.4 is 20.7 Å². The lowest BCUT2D eigenvalue weighted by atomic mass is 10.1. The number of amides is 3. The summed E-state index contributed by atoms with van der Waals surface area (Å²) in [7, 11) is 1.62. The number of nitrogens with one attached hydrogen (secondary N) is 3. The van der Waals surface area contributed by atoms with Crippen molar-refractivity contribution in [2.45, 2.75) is 37.9 Å². The SMILES string of the molecule is COc1ccc(-c2nnc(C[C@@H]3CNC(=O)[C@@H]4C[C@H](NC(=O)Nc5ccccc5C)CN34)o2)cc1. The average Bonchev–Trinajstić information content (AvgIpc) is 3.50. The van der Waals surface area contributed by atoms with Crippen molar-refractivity contribution in [1.82, 2.24) is 25.7 Å². The summed E-state index contributed by atoms with van der Waals surface area (Å²) in [6, 6.07) is 14.3. The maximum absolute atomic E-state index is 12.6. The normalized spacial score (nSPS) is 21.8. The van der Waals surface area contributed by atoms with Crippen molar-refractivity contribution >= 4 is 17.6 Å². The number of carbonyl (C=O) groups excluding carboxylic acids is 2. The summed E-state index contributed by atoms with van der Waals surface area (Å²) in [4.78, 5) is 27.2. The lowest BCUT2D eigenvalue weighted by Crippen LogP contribution is -2.58. The van der Waals surface area contributed by atoms with E-state index in [-0.39, 0.29) is 30.1 Å². The van der Waals surface area contributed by atoms with E-state index in [1.54, 1.807) is 7.11 Å². The van der Waals surface area contributed by atoms with Crippen LogP contribution in [-0.4, -0.2) is 65.4 Å². The van der Waals surface area contributed by atoms with Crippen LogP contribution in [0.25, 0.3) is 11.5 Å². The van der Waals surface area contributed by atoms with Gasteiger partial charge in [-0.2, -0.15) is 0 Å². The number of anilines is 1. The fourth-order valence-electron chi connectivity index (χ4n) is 4.71. The van der Waals surface area contributed by atoms with Crippen molar-refractivity contribution in [2.75, 3.05) is 25.5 Å². The zero-order valence-corrected chi connectivity index (χ0v) is 19.7. The molecule has 3 atom stereocenters. The first-order chi connectivity index (χ1) is 17.0. The number of ether oxygens (including phenoxy) is 1. The van der Waals surface area contributed by atoms with Gasteiger partial charge in [0.25, 0.3) is 0 Å². The summed E-state index contributed by atoms with van der Waals surface area (Å²) in [5.74, 6) is 1.67. The van der Waals surface area contributed by atoms with E-state index >= 15 is 0 Å². The predicted molar refractivity (Wildman–Crippen MR) is 129 cm³/mol. The number of nitrogens with zero attached hydrogens (tertiary/aromatic N) is 3. The fraction of sp³-hybridized carbons (Fsp3) is 0.360. The molecule has 2 saturated heterocycles. The Morgan fingerprint density at radius 1 is 1.20 bits per heavy atom. The predicted octanol–water partition coefficient (Wildman–Crippen LogP) is 2.36. The van der Waals surface area contributed by atoms with Crippen LogP contribution in [0.3, 0.4) is 0 Å². The molecule has 0 aliphatic carbocycles. The topological polar surface area (TPSA) is 122 Å². The molecule has 10 nitrogen and oxygen atoms in total. The molecule has 0 saturated carbocycles. The molecule has 1 aromatic heterocycles. The number of aromatic nitrogens is 2. The van der Waals surface area contributed by atoms with Gasteiger partial charge < -0.3 is 25.1 Å². The molecule has 3 amide bonds. The van der Waals surface area contributed by atoms with E-state index in [4.69, 9.17) is 9.15 Å². The van der Waals surface area contributed by atoms with E-state index < -0.39 is 0 Å². The highest BCUT2D eigenvalue weighted by Crippen LogP contribution is 2.27. The maximum Gasteiger partial charge on any atom is 0.319 e. The third kappa shape index (κ3) is 4.97. The highest BCUT2D eigenvalue weighted by atomic mass is 16.5. The van der Waals surface area contributed by atoms with Crippen LogP contribution in [0.15, 0.2) is 52.9 Å². The number of aryl methyl sites for hydroxylation is 1. The second-order valence-electron chi connectivity index (χ2n) is 8.89. The van der Waals surface area contributed by atoms with Gasteiger partial charge in [0.15, 0.2) is 0 Å². The van der Waals surface area contributed by atoms with Crippen molar-refractivity contribution in [1.29, 1.82) is 0 Å². The van der Waals surface area contributed by atoms with Gasteiger partial charge >= 0.3 is 6.03 Å². The first-order valence-corrected chi connectivity index (χ1v) is 11.6. The molecule has 2 fully saturated rings. The number of hydrogen-bond donors (Lipinski definition) is 3. The number of benzene rings is 2. The quantitative estimate of drug-likeness (QED) is 0.499. The van der Waals surface area contributed by atoms with Gasteiger partial charge in [0.05, 0.1) is 13.2 Å². The second kappa shape index (κ2) is 9.75. The van der Waals surface area contributed by atoms with Gasteiger partial charge in [-0.25, -0.2) is 4.79 Å². The average molecular weight is 477 g/mol. The molecule has 2 aliphatic heterocycles. The molecule has 5 rings (SSSR count). The second-order valence-corrected chi connectivity index (χ2v) is 8.89. The lowest BCUT2D eigenvalue weighted by Gasteiger charge is -2.36. The largest absolute Gasteiger partial charge is 0.497 e. The highest BCUT2D eigenvalue weighted by Gasteiger charge is 2.44. The van der Waals surface area contributed by atoms with Gasteiger partial charge in [0, 0.05) is 42.8 Å². The maximum atomic E-state index is 12.6. The molecule has 2 aromatic carbocycles. The minimum Gasteiger partial charge on any atom is -0.497 e. The van der Waals surface area contributed by atoms with Crippen molar-refractivity contribution < 1.29 is 18.7 Å². The third-order valence-corrected chi connectivity index (χ3v) is 6.57. The number of rotatable bonds is 6. The lowest BCUT2D eigenvalue weighted by molar-refractivity contribution is -0.129. The van der Waals surface area contributed by atoms with Gasteiger partial charge in [-0.15, -0.1) is 10.2 Å². The standard InChI is InChI=1S/C25H28N6O4/c1-15-5-3-4-6-20(15)28-25(33)27-17-11-21-23(32)26-13-18(31(21)14-17)12-22-29-30-24(35-22)16-7-9-19(34-2)10-8-16/h3-10,17-18,21H,11-14H2,1-2H3,(H,26,32)(H2,27,28,33)/t17-,18+,21-/m0/s1. The summed E-state index contributed by atoms with van der Waals surface area (Å²) in [5.41, 5.74) is 2.56. The molecule has 0 unspecified atom stereocenters. The Morgan fingerprint density at radius 2 is 2.00 bits per heavy atom. The first-order valence-electron chi connectivity index (χ1n) is 11.6. The first kappa shape index (κ1) is 22.9. The summed E-state index contributed by atoms with van der Waals surface area (Å²) >= 11 is 0. The number of urea groups is 1. The van der Waals surface area contributed by atoms with Gasteiger partial charge in [0.2, 0.25) is 17.7 Å². The zero-order valence-electron chi connectivity index (χ0n) is 19.7. The monoisotopic (exact) mass is 476 g/mol. The zero-order chi connectivity index (χ0) is 24.4. The Labute approximate surface area is 203 Å². The Morgan fingerprint density at radius 3 is 2.77 bits per heavy atom. The van der Waals surface area contributed by atoms with E-state index in [0.717, 1.165) is 22.6 Å². The number of carbonyl (C=O) groups is 2. The number of para-hydroxylation sites is 1. The Balaban J connectivity index is 1.22. The minimum absolute atomic E-state index is 0.00639. The number of piperazine rings is 1. The Hall–Kier alpha value is -3.92. The minimum atomic E-state index is -0.304. The van der Waals surface area contributed by atoms with Crippen molar-refractivity contribution in [3.8, 4) is 17.2 Å². The fourth-order valence-corrected chi connectivity index (χ4v) is 4.71. The van der Waals surface area contributed by atoms with E-state index in [1.807, 2.05) is 55.5 Å². The summed E-state index contributed by atoms with van der Waals surface area (Å²) in [6.07, 6.45) is 1.05. The van der Waals surface area contributed by atoms with E-state index in [9.17, 15) is 9.59 Å². The third-order valence-electron chi connectivity index (χ3n) is 6.57. The van der Waals surface area contributed by atoms with Gasteiger partial charge in [-0.3, -0.25) is 9.69 Å². The van der Waals surface area contributed by atoms with E-state index in [2.05, 4.69) is 31.0 Å². The van der Waals surface area contributed by atoms with Crippen LogP contribution in [0, 0.1) is 6.92 Å². The highest BCUT2D eigenvalue weighted by molar-refractivity contribution is 5.90. The van der Waals surface area contributed by atoms with Crippen LogP contribution >= 0.6 is 0 Å². The molecular weight excluding hydrogens is 448 g/mol. The van der Waals surface area contributed by atoms with Gasteiger partial charge in [0.1, 0.15) is 5.75 Å².